The van der Waals surface area contributed by atoms with E-state index in [2.05, 4.69) is 15.5 Å². The summed E-state index contributed by atoms with van der Waals surface area (Å²) >= 11 is 0. The summed E-state index contributed by atoms with van der Waals surface area (Å²) in [6.07, 6.45) is 1.46. The number of carbonyl (C=O) groups is 2. The van der Waals surface area contributed by atoms with Gasteiger partial charge in [-0.1, -0.05) is 12.1 Å². The molecule has 7 nitrogen and oxygen atoms in total. The monoisotopic (exact) mass is 425 g/mol. The molecule has 0 radical (unpaired) electrons. The largest absolute Gasteiger partial charge is 0.497 e. The molecule has 1 heterocycles. The third kappa shape index (κ3) is 5.76. The number of hydrogen-bond donors (Lipinski definition) is 2. The van der Waals surface area contributed by atoms with Gasteiger partial charge < -0.3 is 20.1 Å². The molecule has 3 rings (SSSR count). The average Bonchev–Trinajstić information content (AvgIpc) is 2.77. The fourth-order valence-corrected chi connectivity index (χ4v) is 3.77. The zero-order valence-electron chi connectivity index (χ0n) is 18.7. The van der Waals surface area contributed by atoms with E-state index in [9.17, 15) is 9.59 Å². The highest BCUT2D eigenvalue weighted by Gasteiger charge is 2.26. The Morgan fingerprint density at radius 1 is 1.00 bits per heavy atom. The van der Waals surface area contributed by atoms with Gasteiger partial charge in [0.05, 0.1) is 26.5 Å². The molecule has 2 amide bonds. The summed E-state index contributed by atoms with van der Waals surface area (Å²) in [5.41, 5.74) is 3.74. The number of carbonyl (C=O) groups excluding carboxylic acids is 2. The van der Waals surface area contributed by atoms with Gasteiger partial charge in [0.2, 0.25) is 11.8 Å². The number of likely N-dealkylation sites (tertiary alicyclic amines) is 1. The highest BCUT2D eigenvalue weighted by Crippen LogP contribution is 2.29. The van der Waals surface area contributed by atoms with Crippen LogP contribution in [0.1, 0.15) is 24.0 Å². The first-order valence-electron chi connectivity index (χ1n) is 10.5. The van der Waals surface area contributed by atoms with Gasteiger partial charge in [-0.3, -0.25) is 14.5 Å². The van der Waals surface area contributed by atoms with Crippen LogP contribution in [0.15, 0.2) is 36.4 Å². The molecule has 0 saturated carbocycles. The maximum Gasteiger partial charge on any atom is 0.238 e. The Bertz CT molecular complexity index is 936. The van der Waals surface area contributed by atoms with Gasteiger partial charge in [-0.2, -0.15) is 0 Å². The van der Waals surface area contributed by atoms with Crippen molar-refractivity contribution in [2.24, 2.45) is 5.92 Å². The van der Waals surface area contributed by atoms with Crippen LogP contribution in [0, 0.1) is 19.8 Å². The van der Waals surface area contributed by atoms with Crippen LogP contribution < -0.4 is 20.1 Å². The Morgan fingerprint density at radius 3 is 2.42 bits per heavy atom. The molecule has 2 aromatic carbocycles. The van der Waals surface area contributed by atoms with E-state index in [-0.39, 0.29) is 24.3 Å². The van der Waals surface area contributed by atoms with Crippen molar-refractivity contribution in [3.8, 4) is 11.5 Å². The van der Waals surface area contributed by atoms with Gasteiger partial charge >= 0.3 is 0 Å². The summed E-state index contributed by atoms with van der Waals surface area (Å²) in [4.78, 5) is 27.3. The van der Waals surface area contributed by atoms with Gasteiger partial charge in [-0.25, -0.2) is 0 Å². The number of ether oxygens (including phenoxy) is 2. The summed E-state index contributed by atoms with van der Waals surface area (Å²) in [6, 6.07) is 11.2. The lowest BCUT2D eigenvalue weighted by Crippen LogP contribution is -2.41. The number of nitrogens with zero attached hydrogens (tertiary/aromatic N) is 1. The van der Waals surface area contributed by atoms with Gasteiger partial charge in [0.25, 0.3) is 0 Å². The zero-order valence-corrected chi connectivity index (χ0v) is 18.7. The third-order valence-electron chi connectivity index (χ3n) is 5.87. The summed E-state index contributed by atoms with van der Waals surface area (Å²) in [5.74, 6) is 1.12. The van der Waals surface area contributed by atoms with Crippen molar-refractivity contribution in [3.05, 3.63) is 47.5 Å². The number of aryl methyl sites for hydroxylation is 1. The quantitative estimate of drug-likeness (QED) is 0.708. The van der Waals surface area contributed by atoms with Crippen LogP contribution in [-0.2, 0) is 9.59 Å². The zero-order chi connectivity index (χ0) is 22.4. The smallest absolute Gasteiger partial charge is 0.238 e. The Labute approximate surface area is 183 Å². The third-order valence-corrected chi connectivity index (χ3v) is 5.87. The van der Waals surface area contributed by atoms with Crippen LogP contribution in [-0.4, -0.2) is 50.6 Å². The summed E-state index contributed by atoms with van der Waals surface area (Å²) in [6.45, 7) is 5.75. The van der Waals surface area contributed by atoms with Crippen molar-refractivity contribution in [1.82, 2.24) is 4.90 Å². The first-order valence-corrected chi connectivity index (χ1v) is 10.5. The van der Waals surface area contributed by atoms with Crippen molar-refractivity contribution >= 4 is 23.2 Å². The van der Waals surface area contributed by atoms with E-state index >= 15 is 0 Å². The van der Waals surface area contributed by atoms with Crippen molar-refractivity contribution in [3.63, 3.8) is 0 Å². The Hall–Kier alpha value is -3.06. The molecule has 0 spiro atoms. The van der Waals surface area contributed by atoms with Crippen LogP contribution in [0.2, 0.25) is 0 Å². The maximum absolute atomic E-state index is 12.7. The standard InChI is InChI=1S/C24H31N3O4/c1-16-6-5-7-20(17(16)2)26-24(29)18-10-12-27(13-11-18)15-23(28)25-21-9-8-19(30-3)14-22(21)31-4/h5-9,14,18H,10-13,15H2,1-4H3,(H,25,28)(H,26,29). The van der Waals surface area contributed by atoms with Gasteiger partial charge in [0.1, 0.15) is 11.5 Å². The van der Waals surface area contributed by atoms with Crippen LogP contribution in [0.4, 0.5) is 11.4 Å². The van der Waals surface area contributed by atoms with E-state index < -0.39 is 0 Å². The van der Waals surface area contributed by atoms with Crippen LogP contribution in [0.3, 0.4) is 0 Å². The van der Waals surface area contributed by atoms with Gasteiger partial charge in [0, 0.05) is 17.7 Å². The molecule has 2 N–H and O–H groups in total. The summed E-state index contributed by atoms with van der Waals surface area (Å²) in [5, 5.41) is 5.97. The number of amides is 2. The number of methoxy groups -OCH3 is 2. The molecule has 1 aliphatic heterocycles. The molecule has 0 atom stereocenters. The number of benzene rings is 2. The van der Waals surface area contributed by atoms with Crippen molar-refractivity contribution in [1.29, 1.82) is 0 Å². The van der Waals surface area contributed by atoms with Gasteiger partial charge in [-0.15, -0.1) is 0 Å². The van der Waals surface area contributed by atoms with E-state index in [0.717, 1.165) is 29.7 Å². The molecule has 166 valence electrons. The fraction of sp³-hybridized carbons (Fsp3) is 0.417. The normalized spacial score (nSPS) is 14.7. The van der Waals surface area contributed by atoms with Crippen LogP contribution >= 0.6 is 0 Å². The average molecular weight is 426 g/mol. The van der Waals surface area contributed by atoms with E-state index in [1.54, 1.807) is 32.4 Å². The summed E-state index contributed by atoms with van der Waals surface area (Å²) in [7, 11) is 3.14. The van der Waals surface area contributed by atoms with Crippen molar-refractivity contribution < 1.29 is 19.1 Å². The fourth-order valence-electron chi connectivity index (χ4n) is 3.77. The maximum atomic E-state index is 12.7. The van der Waals surface area contributed by atoms with E-state index in [1.165, 1.54) is 0 Å². The minimum atomic E-state index is -0.109. The molecule has 0 bridgehead atoms. The van der Waals surface area contributed by atoms with Crippen molar-refractivity contribution in [2.45, 2.75) is 26.7 Å². The SMILES string of the molecule is COc1ccc(NC(=O)CN2CCC(C(=O)Nc3cccc(C)c3C)CC2)c(OC)c1. The summed E-state index contributed by atoms with van der Waals surface area (Å²) < 4.78 is 10.5. The number of hydrogen-bond acceptors (Lipinski definition) is 5. The second-order valence-electron chi connectivity index (χ2n) is 7.90. The molecule has 0 aromatic heterocycles. The Balaban J connectivity index is 1.49. The minimum Gasteiger partial charge on any atom is -0.497 e. The number of nitrogens with one attached hydrogen (secondary N) is 2. The number of rotatable bonds is 7. The van der Waals surface area contributed by atoms with E-state index in [0.29, 0.717) is 30.3 Å². The number of anilines is 2. The highest BCUT2D eigenvalue weighted by atomic mass is 16.5. The lowest BCUT2D eigenvalue weighted by molar-refractivity contribution is -0.121. The lowest BCUT2D eigenvalue weighted by atomic mass is 9.95. The van der Waals surface area contributed by atoms with Gasteiger partial charge in [0.15, 0.2) is 0 Å². The van der Waals surface area contributed by atoms with Gasteiger partial charge in [-0.05, 0) is 69.1 Å². The van der Waals surface area contributed by atoms with Crippen molar-refractivity contribution in [2.75, 3.05) is 44.5 Å². The Kier molecular flexibility index (Phi) is 7.52. The first kappa shape index (κ1) is 22.6. The predicted molar refractivity (Wildman–Crippen MR) is 122 cm³/mol. The highest BCUT2D eigenvalue weighted by molar-refractivity contribution is 5.94. The van der Waals surface area contributed by atoms with Crippen LogP contribution in [0.5, 0.6) is 11.5 Å². The minimum absolute atomic E-state index is 0.0408. The molecule has 2 aromatic rings. The predicted octanol–water partition coefficient (Wildman–Crippen LogP) is 3.61. The lowest BCUT2D eigenvalue weighted by Gasteiger charge is -2.31. The molecule has 7 heteroatoms. The van der Waals surface area contributed by atoms with Crippen LogP contribution in [0.25, 0.3) is 0 Å². The number of piperidine rings is 1. The molecular weight excluding hydrogens is 394 g/mol. The molecule has 0 unspecified atom stereocenters. The molecule has 1 fully saturated rings. The van der Waals surface area contributed by atoms with E-state index in [1.807, 2.05) is 32.0 Å². The van der Waals surface area contributed by atoms with E-state index in [4.69, 9.17) is 9.47 Å². The Morgan fingerprint density at radius 2 is 1.74 bits per heavy atom. The first-order chi connectivity index (χ1) is 14.9. The molecule has 31 heavy (non-hydrogen) atoms. The molecule has 1 aliphatic rings. The molecule has 0 aliphatic carbocycles. The molecule has 1 saturated heterocycles. The second-order valence-corrected chi connectivity index (χ2v) is 7.90. The molecular formula is C24H31N3O4. The topological polar surface area (TPSA) is 79.9 Å². The second kappa shape index (κ2) is 10.3.